The van der Waals surface area contributed by atoms with Crippen molar-refractivity contribution in [2.45, 2.75) is 39.5 Å². The van der Waals surface area contributed by atoms with Gasteiger partial charge in [-0.25, -0.2) is 0 Å². The summed E-state index contributed by atoms with van der Waals surface area (Å²) in [5, 5.41) is 3.61. The van der Waals surface area contributed by atoms with Gasteiger partial charge in [0.2, 0.25) is 0 Å². The predicted molar refractivity (Wildman–Crippen MR) is 168 cm³/mol. The first-order valence-corrected chi connectivity index (χ1v) is 14.0. The van der Waals surface area contributed by atoms with Gasteiger partial charge >= 0.3 is 0 Å². The Labute approximate surface area is 233 Å². The molecule has 2 nitrogen and oxygen atoms in total. The molecule has 0 spiro atoms. The van der Waals surface area contributed by atoms with E-state index in [2.05, 4.69) is 153 Å². The summed E-state index contributed by atoms with van der Waals surface area (Å²) in [6, 6.07) is 42.1. The van der Waals surface area contributed by atoms with Crippen LogP contribution in [0.5, 0.6) is 0 Å². The monoisotopic (exact) mass is 508 g/mol. The molecular formula is C37H36N2. The molecule has 6 rings (SSSR count). The number of fused-ring (bicyclic) bond motifs is 1. The minimum Gasteiger partial charge on any atom is -0.366 e. The van der Waals surface area contributed by atoms with E-state index in [0.717, 1.165) is 6.67 Å². The van der Waals surface area contributed by atoms with Crippen LogP contribution in [0.2, 0.25) is 0 Å². The van der Waals surface area contributed by atoms with E-state index in [1.54, 1.807) is 0 Å². The average Bonchev–Trinajstić information content (AvgIpc) is 3.41. The van der Waals surface area contributed by atoms with E-state index < -0.39 is 0 Å². The van der Waals surface area contributed by atoms with Gasteiger partial charge in [-0.15, -0.1) is 0 Å². The summed E-state index contributed by atoms with van der Waals surface area (Å²) in [5.74, 6) is 0.865. The van der Waals surface area contributed by atoms with Gasteiger partial charge in [0, 0.05) is 5.69 Å². The Morgan fingerprint density at radius 1 is 0.538 bits per heavy atom. The van der Waals surface area contributed by atoms with Crippen molar-refractivity contribution in [1.82, 2.24) is 0 Å². The number of hydrogen-bond donors (Lipinski definition) is 1. The van der Waals surface area contributed by atoms with Crippen molar-refractivity contribution in [2.75, 3.05) is 16.9 Å². The normalized spacial score (nSPS) is 12.6. The first kappa shape index (κ1) is 25.0. The van der Waals surface area contributed by atoms with Crippen LogP contribution in [0.25, 0.3) is 33.4 Å². The highest BCUT2D eigenvalue weighted by Crippen LogP contribution is 2.42. The fraction of sp³-hybridized carbons (Fsp3) is 0.189. The smallest absolute Gasteiger partial charge is 0.0926 e. The van der Waals surface area contributed by atoms with Crippen LogP contribution in [0.15, 0.2) is 115 Å². The molecule has 0 aliphatic carbocycles. The van der Waals surface area contributed by atoms with Crippen LogP contribution >= 0.6 is 0 Å². The van der Waals surface area contributed by atoms with Gasteiger partial charge in [-0.1, -0.05) is 119 Å². The molecule has 0 bridgehead atoms. The fourth-order valence-corrected chi connectivity index (χ4v) is 5.74. The third kappa shape index (κ3) is 4.83. The van der Waals surface area contributed by atoms with E-state index in [-0.39, 0.29) is 0 Å². The molecular weight excluding hydrogens is 472 g/mol. The molecule has 0 aromatic heterocycles. The Bertz CT molecular complexity index is 1600. The largest absolute Gasteiger partial charge is 0.366 e. The molecule has 0 saturated carbocycles. The molecule has 5 aromatic rings. The highest BCUT2D eigenvalue weighted by atomic mass is 15.3. The van der Waals surface area contributed by atoms with Gasteiger partial charge in [0.1, 0.15) is 0 Å². The lowest BCUT2D eigenvalue weighted by Crippen LogP contribution is -2.16. The Kier molecular flexibility index (Phi) is 6.70. The summed E-state index contributed by atoms with van der Waals surface area (Å²) in [6.07, 6.45) is 0. The van der Waals surface area contributed by atoms with Crippen LogP contribution in [0, 0.1) is 0 Å². The Balaban J connectivity index is 1.38. The maximum Gasteiger partial charge on any atom is 0.0926 e. The lowest BCUT2D eigenvalue weighted by atomic mass is 9.89. The first-order chi connectivity index (χ1) is 19.0. The molecule has 2 heteroatoms. The lowest BCUT2D eigenvalue weighted by molar-refractivity contribution is 0.867. The number of benzene rings is 5. The van der Waals surface area contributed by atoms with Crippen molar-refractivity contribution in [2.24, 2.45) is 0 Å². The van der Waals surface area contributed by atoms with Crippen LogP contribution in [-0.2, 0) is 0 Å². The van der Waals surface area contributed by atoms with Crippen LogP contribution in [0.3, 0.4) is 0 Å². The van der Waals surface area contributed by atoms with Gasteiger partial charge in [0.05, 0.1) is 18.0 Å². The molecule has 1 aliphatic heterocycles. The second kappa shape index (κ2) is 10.5. The summed E-state index contributed by atoms with van der Waals surface area (Å²) in [7, 11) is 0. The maximum absolute atomic E-state index is 3.61. The highest BCUT2D eigenvalue weighted by molar-refractivity contribution is 5.87. The van der Waals surface area contributed by atoms with Crippen molar-refractivity contribution < 1.29 is 0 Å². The maximum atomic E-state index is 3.61. The van der Waals surface area contributed by atoms with Gasteiger partial charge < -0.3 is 10.2 Å². The van der Waals surface area contributed by atoms with Gasteiger partial charge in [-0.2, -0.15) is 0 Å². The number of anilines is 3. The molecule has 1 heterocycles. The number of rotatable bonds is 6. The molecule has 0 amide bonds. The van der Waals surface area contributed by atoms with E-state index in [1.807, 2.05) is 0 Å². The zero-order valence-corrected chi connectivity index (χ0v) is 23.3. The quantitative estimate of drug-likeness (QED) is 0.245. The minimum absolute atomic E-state index is 0.430. The summed E-state index contributed by atoms with van der Waals surface area (Å²) in [6.45, 7) is 9.90. The van der Waals surface area contributed by atoms with Crippen molar-refractivity contribution >= 4 is 17.1 Å². The van der Waals surface area contributed by atoms with Crippen LogP contribution < -0.4 is 10.2 Å². The first-order valence-electron chi connectivity index (χ1n) is 14.0. The summed E-state index contributed by atoms with van der Waals surface area (Å²) < 4.78 is 0. The fourth-order valence-electron chi connectivity index (χ4n) is 5.74. The second-order valence-corrected chi connectivity index (χ2v) is 11.1. The van der Waals surface area contributed by atoms with E-state index in [0.29, 0.717) is 11.8 Å². The third-order valence-corrected chi connectivity index (χ3v) is 7.86. The topological polar surface area (TPSA) is 15.3 Å². The molecule has 0 unspecified atom stereocenters. The molecule has 0 radical (unpaired) electrons. The summed E-state index contributed by atoms with van der Waals surface area (Å²) in [5.41, 5.74) is 14.1. The number of nitrogens with zero attached hydrogens (tertiary/aromatic N) is 1. The second-order valence-electron chi connectivity index (χ2n) is 11.1. The van der Waals surface area contributed by atoms with Crippen LogP contribution in [-0.4, -0.2) is 6.67 Å². The Morgan fingerprint density at radius 3 is 1.69 bits per heavy atom. The highest BCUT2D eigenvalue weighted by Gasteiger charge is 2.22. The number of hydrogen-bond acceptors (Lipinski definition) is 2. The van der Waals surface area contributed by atoms with E-state index in [4.69, 9.17) is 0 Å². The average molecular weight is 509 g/mol. The van der Waals surface area contributed by atoms with Gasteiger partial charge in [0.15, 0.2) is 0 Å². The predicted octanol–water partition coefficient (Wildman–Crippen LogP) is 10.5. The zero-order valence-electron chi connectivity index (χ0n) is 23.3. The Hall–Kier alpha value is -4.30. The van der Waals surface area contributed by atoms with Crippen molar-refractivity contribution in [3.8, 4) is 33.4 Å². The molecule has 1 N–H and O–H groups in total. The number of nitrogens with one attached hydrogen (secondary N) is 1. The van der Waals surface area contributed by atoms with Gasteiger partial charge in [-0.05, 0) is 80.6 Å². The SMILES string of the molecule is CC(C)c1cc(-c2ccc3c(c2)N(c2ccc(-c4ccccc4)c(C(C)C)c2)CN3)ccc1-c1ccccc1. The molecule has 194 valence electrons. The van der Waals surface area contributed by atoms with Gasteiger partial charge in [0.25, 0.3) is 0 Å². The van der Waals surface area contributed by atoms with Gasteiger partial charge in [-0.3, -0.25) is 0 Å². The molecule has 39 heavy (non-hydrogen) atoms. The van der Waals surface area contributed by atoms with Crippen LogP contribution in [0.4, 0.5) is 17.1 Å². The molecule has 0 fully saturated rings. The zero-order chi connectivity index (χ0) is 26.9. The standard InChI is InChI=1S/C37H36N2/c1-25(2)34-21-29(15-18-32(34)27-11-7-5-8-12-27)30-16-20-36-37(22-30)39(24-38-36)31-17-19-33(35(23-31)26(3)4)28-13-9-6-10-14-28/h5-23,25-26,38H,24H2,1-4H3. The summed E-state index contributed by atoms with van der Waals surface area (Å²) in [4.78, 5) is 2.40. The molecule has 1 aliphatic rings. The lowest BCUT2D eigenvalue weighted by Gasteiger charge is -2.22. The molecule has 5 aromatic carbocycles. The molecule has 0 atom stereocenters. The van der Waals surface area contributed by atoms with E-state index in [9.17, 15) is 0 Å². The van der Waals surface area contributed by atoms with E-state index >= 15 is 0 Å². The van der Waals surface area contributed by atoms with Crippen LogP contribution in [0.1, 0.15) is 50.7 Å². The van der Waals surface area contributed by atoms with E-state index in [1.165, 1.54) is 61.6 Å². The van der Waals surface area contributed by atoms with Crippen molar-refractivity contribution in [3.63, 3.8) is 0 Å². The third-order valence-electron chi connectivity index (χ3n) is 7.86. The summed E-state index contributed by atoms with van der Waals surface area (Å²) >= 11 is 0. The van der Waals surface area contributed by atoms with Crippen molar-refractivity contribution in [1.29, 1.82) is 0 Å². The Morgan fingerprint density at radius 2 is 1.08 bits per heavy atom. The molecule has 0 saturated heterocycles. The van der Waals surface area contributed by atoms with Crippen molar-refractivity contribution in [3.05, 3.63) is 126 Å². The minimum atomic E-state index is 0.430.